The number of carbonyl (C=O) groups excluding carboxylic acids is 1. The first kappa shape index (κ1) is 39.1. The van der Waals surface area contributed by atoms with Crippen LogP contribution in [-0.4, -0.2) is 56.3 Å². The Labute approximate surface area is 318 Å². The molecule has 7 rings (SSSR count). The highest BCUT2D eigenvalue weighted by molar-refractivity contribution is 7.92. The van der Waals surface area contributed by atoms with Gasteiger partial charge >= 0.3 is 6.18 Å². The maximum atomic E-state index is 15.3. The number of alkyl halides is 5. The first-order valence-corrected chi connectivity index (χ1v) is 19.0. The second-order valence-electron chi connectivity index (χ2n) is 13.7. The Hall–Kier alpha value is -5.19. The largest absolute Gasteiger partial charge is 0.435 e. The van der Waals surface area contributed by atoms with Gasteiger partial charge in [-0.1, -0.05) is 23.6 Å². The minimum absolute atomic E-state index is 0.00611. The lowest BCUT2D eigenvalue weighted by Gasteiger charge is -2.23. The molecule has 2 aliphatic carbocycles. The van der Waals surface area contributed by atoms with Gasteiger partial charge in [0.15, 0.2) is 11.5 Å². The smallest absolute Gasteiger partial charge is 0.381 e. The quantitative estimate of drug-likeness (QED) is 0.119. The Morgan fingerprint density at radius 2 is 1.79 bits per heavy atom. The van der Waals surface area contributed by atoms with Crippen molar-refractivity contribution in [2.24, 2.45) is 13.0 Å². The third kappa shape index (κ3) is 7.40. The molecule has 0 radical (unpaired) electrons. The SMILES string of the molecule is CC(O)C#Cc1ccc(-c2ccc(Cl)c3c(NS(C)(=O)=O)nn(C)c23)c(C(Cc2cc(F)cc(F)c2)NC(=O)Cn2nc(C(F)(F)F)c3c2C(F)(F)C2CC32)n1. The van der Waals surface area contributed by atoms with Crippen molar-refractivity contribution in [1.82, 2.24) is 29.9 Å². The first-order valence-electron chi connectivity index (χ1n) is 16.8. The summed E-state index contributed by atoms with van der Waals surface area (Å²) in [6.45, 7) is 0.299. The molecule has 3 aromatic heterocycles. The fraction of sp³-hybridized carbons (Fsp3) is 0.333. The summed E-state index contributed by atoms with van der Waals surface area (Å²) in [4.78, 5) is 18.5. The monoisotopic (exact) mass is 823 g/mol. The highest BCUT2D eigenvalue weighted by Crippen LogP contribution is 2.68. The summed E-state index contributed by atoms with van der Waals surface area (Å²) in [7, 11) is -2.35. The molecule has 11 nitrogen and oxygen atoms in total. The number of aliphatic hydroxyl groups excluding tert-OH is 1. The molecule has 1 amide bonds. The molecule has 3 N–H and O–H groups in total. The van der Waals surface area contributed by atoms with E-state index in [4.69, 9.17) is 11.6 Å². The highest BCUT2D eigenvalue weighted by atomic mass is 35.5. The van der Waals surface area contributed by atoms with E-state index in [1.807, 2.05) is 0 Å². The van der Waals surface area contributed by atoms with Crippen LogP contribution < -0.4 is 10.0 Å². The van der Waals surface area contributed by atoms with Crippen LogP contribution >= 0.6 is 11.6 Å². The van der Waals surface area contributed by atoms with E-state index in [1.54, 1.807) is 0 Å². The van der Waals surface area contributed by atoms with Crippen LogP contribution in [0.3, 0.4) is 0 Å². The standard InChI is InChI=1S/C36H29ClF7N7O4S/c1-16(52)4-5-20-6-7-21(22-8-9-25(37)29-31(22)50(2)48-34(29)49-56(3,54)55)30(45-20)26(12-17-10-18(38)13-19(39)11-17)46-27(53)15-51-33-28(32(47-51)36(42,43)44)23-14-24(23)35(33,40)41/h6-11,13,16,23-24,26,52H,12,14-15H2,1-3H3,(H,46,53)(H,48,49). The van der Waals surface area contributed by atoms with Crippen LogP contribution in [-0.2, 0) is 46.9 Å². The number of nitrogens with zero attached hydrogens (tertiary/aromatic N) is 5. The van der Waals surface area contributed by atoms with E-state index in [0.717, 1.165) is 18.4 Å². The zero-order valence-electron chi connectivity index (χ0n) is 29.3. The predicted molar refractivity (Wildman–Crippen MR) is 189 cm³/mol. The normalized spacial score (nSPS) is 18.1. The minimum Gasteiger partial charge on any atom is -0.381 e. The van der Waals surface area contributed by atoms with Gasteiger partial charge in [-0.2, -0.15) is 32.1 Å². The molecule has 1 fully saturated rings. The van der Waals surface area contributed by atoms with Crippen molar-refractivity contribution >= 4 is 44.3 Å². The Bertz CT molecular complexity index is 2600. The molecule has 4 unspecified atom stereocenters. The Morgan fingerprint density at radius 3 is 2.43 bits per heavy atom. The number of sulfonamides is 1. The molecule has 1 saturated carbocycles. The number of hydrogen-bond donors (Lipinski definition) is 3. The summed E-state index contributed by atoms with van der Waals surface area (Å²) in [6, 6.07) is 7.14. The van der Waals surface area contributed by atoms with Crippen LogP contribution in [0.1, 0.15) is 59.2 Å². The fourth-order valence-corrected chi connectivity index (χ4v) is 7.94. The van der Waals surface area contributed by atoms with E-state index in [2.05, 4.69) is 37.1 Å². The van der Waals surface area contributed by atoms with Gasteiger partial charge in [0.05, 0.1) is 33.9 Å². The van der Waals surface area contributed by atoms with Crippen molar-refractivity contribution in [3.63, 3.8) is 0 Å². The fourth-order valence-electron chi connectivity index (χ4n) is 7.21. The number of aryl methyl sites for hydroxylation is 1. The number of rotatable bonds is 9. The van der Waals surface area contributed by atoms with Crippen molar-refractivity contribution in [3.05, 3.63) is 93.0 Å². The van der Waals surface area contributed by atoms with Crippen molar-refractivity contribution < 1.29 is 49.1 Å². The first-order chi connectivity index (χ1) is 26.1. The Balaban J connectivity index is 1.38. The molecule has 3 heterocycles. The summed E-state index contributed by atoms with van der Waals surface area (Å²) >= 11 is 6.54. The minimum atomic E-state index is -5.08. The summed E-state index contributed by atoms with van der Waals surface area (Å²) in [5.41, 5.74) is -2.35. The van der Waals surface area contributed by atoms with Gasteiger partial charge in [0.25, 0.3) is 5.92 Å². The van der Waals surface area contributed by atoms with Gasteiger partial charge in [-0.3, -0.25) is 18.9 Å². The van der Waals surface area contributed by atoms with Crippen LogP contribution in [0.25, 0.3) is 22.0 Å². The van der Waals surface area contributed by atoms with Crippen LogP contribution in [0.4, 0.5) is 36.6 Å². The Morgan fingerprint density at radius 1 is 1.11 bits per heavy atom. The third-order valence-corrected chi connectivity index (χ3v) is 10.2. The lowest BCUT2D eigenvalue weighted by Crippen LogP contribution is -2.35. The second-order valence-corrected chi connectivity index (χ2v) is 15.8. The van der Waals surface area contributed by atoms with Crippen molar-refractivity contribution in [2.75, 3.05) is 11.0 Å². The molecule has 56 heavy (non-hydrogen) atoms. The molecule has 0 aliphatic heterocycles. The number of nitrogens with one attached hydrogen (secondary N) is 2. The lowest BCUT2D eigenvalue weighted by atomic mass is 9.93. The molecule has 4 atom stereocenters. The maximum Gasteiger partial charge on any atom is 0.435 e. The van der Waals surface area contributed by atoms with Crippen molar-refractivity contribution in [2.45, 2.75) is 56.5 Å². The topological polar surface area (TPSA) is 144 Å². The van der Waals surface area contributed by atoms with E-state index < -0.39 is 93.6 Å². The number of benzene rings is 2. The second kappa shape index (κ2) is 13.8. The summed E-state index contributed by atoms with van der Waals surface area (Å²) in [5.74, 6) is -4.04. The molecule has 2 aromatic carbocycles. The molecule has 0 bridgehead atoms. The molecule has 5 aromatic rings. The number of hydrogen-bond acceptors (Lipinski definition) is 7. The maximum absolute atomic E-state index is 15.3. The van der Waals surface area contributed by atoms with Crippen molar-refractivity contribution in [3.8, 4) is 23.0 Å². The molecule has 2 aliphatic rings. The van der Waals surface area contributed by atoms with Crippen LogP contribution in [0.5, 0.6) is 0 Å². The van der Waals surface area contributed by atoms with E-state index in [-0.39, 0.29) is 50.7 Å². The number of fused-ring (bicyclic) bond motifs is 4. The number of anilines is 1. The van der Waals surface area contributed by atoms with Crippen molar-refractivity contribution in [1.29, 1.82) is 0 Å². The van der Waals surface area contributed by atoms with Crippen LogP contribution in [0.2, 0.25) is 5.02 Å². The van der Waals surface area contributed by atoms with E-state index in [0.29, 0.717) is 16.3 Å². The van der Waals surface area contributed by atoms with Gasteiger partial charge in [0, 0.05) is 35.7 Å². The number of aromatic nitrogens is 5. The van der Waals surface area contributed by atoms with Gasteiger partial charge in [0.2, 0.25) is 15.9 Å². The molecule has 0 saturated heterocycles. The third-order valence-electron chi connectivity index (χ3n) is 9.36. The summed E-state index contributed by atoms with van der Waals surface area (Å²) < 4.78 is 130. The van der Waals surface area contributed by atoms with Gasteiger partial charge in [-0.05, 0) is 67.5 Å². The zero-order valence-corrected chi connectivity index (χ0v) is 30.9. The Kier molecular flexibility index (Phi) is 9.61. The number of carbonyl (C=O) groups is 1. The van der Waals surface area contributed by atoms with Gasteiger partial charge in [-0.25, -0.2) is 22.2 Å². The number of halogens is 8. The molecule has 294 valence electrons. The van der Waals surface area contributed by atoms with E-state index in [1.165, 1.54) is 42.9 Å². The predicted octanol–water partition coefficient (Wildman–Crippen LogP) is 6.20. The lowest BCUT2D eigenvalue weighted by molar-refractivity contribution is -0.142. The number of pyridine rings is 1. The number of aliphatic hydroxyl groups is 1. The average Bonchev–Trinajstić information content (AvgIpc) is 3.61. The molecular formula is C36H29ClF7N7O4S. The molecule has 20 heteroatoms. The summed E-state index contributed by atoms with van der Waals surface area (Å²) in [5, 5.41) is 20.4. The zero-order chi connectivity index (χ0) is 40.6. The molecule has 0 spiro atoms. The van der Waals surface area contributed by atoms with Crippen LogP contribution in [0, 0.1) is 29.4 Å². The van der Waals surface area contributed by atoms with Gasteiger partial charge in [-0.15, -0.1) is 0 Å². The summed E-state index contributed by atoms with van der Waals surface area (Å²) in [6.07, 6.45) is -5.83. The van der Waals surface area contributed by atoms with Gasteiger partial charge in [0.1, 0.15) is 35.7 Å². The molecular weight excluding hydrogens is 795 g/mol. The number of amides is 1. The van der Waals surface area contributed by atoms with E-state index in [9.17, 15) is 40.3 Å². The van der Waals surface area contributed by atoms with Crippen LogP contribution in [0.15, 0.2) is 42.5 Å². The average molecular weight is 824 g/mol. The van der Waals surface area contributed by atoms with Gasteiger partial charge < -0.3 is 10.4 Å². The van der Waals surface area contributed by atoms with E-state index >= 15 is 8.78 Å². The highest BCUT2D eigenvalue weighted by Gasteiger charge is 2.68.